The maximum Gasteiger partial charge on any atom is 0.372 e. The molecule has 0 aliphatic heterocycles. The van der Waals surface area contributed by atoms with Crippen LogP contribution in [-0.2, 0) is 16.2 Å². The number of hydrogen-bond donors (Lipinski definition) is 0. The lowest BCUT2D eigenvalue weighted by Gasteiger charge is -1.98. The van der Waals surface area contributed by atoms with Crippen molar-refractivity contribution in [2.24, 2.45) is 0 Å². The Kier molecular flexibility index (Phi) is 4.32. The summed E-state index contributed by atoms with van der Waals surface area (Å²) in [7, 11) is 0. The second-order valence-corrected chi connectivity index (χ2v) is 3.45. The molecule has 0 aromatic heterocycles. The first-order chi connectivity index (χ1) is 6.74. The molecule has 1 aromatic rings. The van der Waals surface area contributed by atoms with Crippen LogP contribution < -0.4 is 0 Å². The number of rotatable bonds is 3. The lowest BCUT2D eigenvalue weighted by Crippen LogP contribution is -1.91. The molecular weight excluding hydrogens is 251 g/mol. The molecule has 0 aliphatic carbocycles. The van der Waals surface area contributed by atoms with E-state index in [4.69, 9.17) is 0 Å². The molecule has 0 saturated carbocycles. The van der Waals surface area contributed by atoms with Gasteiger partial charge in [0.2, 0.25) is 0 Å². The molecule has 0 amide bonds. The summed E-state index contributed by atoms with van der Waals surface area (Å²) in [5.41, 5.74) is 1.02. The molecule has 0 fully saturated rings. The van der Waals surface area contributed by atoms with Crippen molar-refractivity contribution < 1.29 is 14.3 Å². The Labute approximate surface area is 89.4 Å². The van der Waals surface area contributed by atoms with Crippen LogP contribution in [0, 0.1) is 0 Å². The minimum Gasteiger partial charge on any atom is -0.250 e. The van der Waals surface area contributed by atoms with Crippen molar-refractivity contribution >= 4 is 21.9 Å². The average Bonchev–Trinajstić information content (AvgIpc) is 2.20. The summed E-state index contributed by atoms with van der Waals surface area (Å²) >= 11 is 3.36. The van der Waals surface area contributed by atoms with Crippen molar-refractivity contribution in [2.45, 2.75) is 6.42 Å². The zero-order valence-corrected chi connectivity index (χ0v) is 8.83. The number of carbonyl (C=O) groups is 1. The highest BCUT2D eigenvalue weighted by molar-refractivity contribution is 9.10. The highest BCUT2D eigenvalue weighted by atomic mass is 79.9. The van der Waals surface area contributed by atoms with E-state index >= 15 is 0 Å². The molecule has 1 rings (SSSR count). The van der Waals surface area contributed by atoms with Crippen LogP contribution in [0.1, 0.15) is 5.56 Å². The molecule has 0 aliphatic rings. The van der Waals surface area contributed by atoms with E-state index in [2.05, 4.69) is 20.9 Å². The van der Waals surface area contributed by atoms with Gasteiger partial charge in [-0.1, -0.05) is 40.2 Å². The van der Waals surface area contributed by atoms with Gasteiger partial charge in [-0.2, -0.15) is 0 Å². The summed E-state index contributed by atoms with van der Waals surface area (Å²) < 4.78 is 12.2. The van der Waals surface area contributed by atoms with Crippen molar-refractivity contribution in [3.05, 3.63) is 46.5 Å². The van der Waals surface area contributed by atoms with Gasteiger partial charge in [-0.15, -0.1) is 0 Å². The molecule has 0 unspecified atom stereocenters. The Morgan fingerprint density at radius 1 is 1.50 bits per heavy atom. The standard InChI is InChI=1S/C10H8BrFO2/c11-9-6-2-1-4-8(9)5-3-7-10(13)14-12/h1-4,6-7H,5H2/b7-3+. The maximum atomic E-state index is 11.3. The molecule has 2 nitrogen and oxygen atoms in total. The van der Waals surface area contributed by atoms with Gasteiger partial charge < -0.3 is 0 Å². The molecule has 4 heteroatoms. The van der Waals surface area contributed by atoms with Gasteiger partial charge in [-0.05, 0) is 18.1 Å². The molecule has 0 bridgehead atoms. The summed E-state index contributed by atoms with van der Waals surface area (Å²) in [5.74, 6) is -0.989. The fourth-order valence-electron chi connectivity index (χ4n) is 0.972. The van der Waals surface area contributed by atoms with E-state index in [0.717, 1.165) is 16.1 Å². The summed E-state index contributed by atoms with van der Waals surface area (Å²) in [6.45, 7) is 0. The summed E-state index contributed by atoms with van der Waals surface area (Å²) in [5, 5.41) is 0. The van der Waals surface area contributed by atoms with E-state index < -0.39 is 5.97 Å². The van der Waals surface area contributed by atoms with E-state index in [-0.39, 0.29) is 0 Å². The number of halogens is 2. The molecule has 0 heterocycles. The third-order valence-electron chi connectivity index (χ3n) is 1.63. The quantitative estimate of drug-likeness (QED) is 0.780. The van der Waals surface area contributed by atoms with E-state index in [1.54, 1.807) is 6.08 Å². The minimum atomic E-state index is -0.989. The fraction of sp³-hybridized carbons (Fsp3) is 0.100. The molecule has 0 saturated heterocycles. The second-order valence-electron chi connectivity index (χ2n) is 2.59. The molecule has 1 aromatic carbocycles. The normalized spacial score (nSPS) is 10.4. The third-order valence-corrected chi connectivity index (χ3v) is 2.40. The van der Waals surface area contributed by atoms with E-state index in [1.165, 1.54) is 0 Å². The molecular formula is C10H8BrFO2. The zero-order chi connectivity index (χ0) is 10.4. The highest BCUT2D eigenvalue weighted by Gasteiger charge is 1.97. The molecule has 74 valence electrons. The van der Waals surface area contributed by atoms with Gasteiger partial charge in [0.05, 0.1) is 0 Å². The maximum absolute atomic E-state index is 11.3. The van der Waals surface area contributed by atoms with Crippen molar-refractivity contribution in [1.29, 1.82) is 0 Å². The third kappa shape index (κ3) is 3.30. The van der Waals surface area contributed by atoms with Gasteiger partial charge in [0, 0.05) is 15.1 Å². The molecule has 14 heavy (non-hydrogen) atoms. The van der Waals surface area contributed by atoms with Gasteiger partial charge in [0.25, 0.3) is 0 Å². The van der Waals surface area contributed by atoms with Crippen LogP contribution in [0.15, 0.2) is 40.9 Å². The van der Waals surface area contributed by atoms with Crippen LogP contribution in [-0.4, -0.2) is 5.97 Å². The highest BCUT2D eigenvalue weighted by Crippen LogP contribution is 2.16. The Hall–Kier alpha value is -1.16. The summed E-state index contributed by atoms with van der Waals surface area (Å²) in [6, 6.07) is 7.60. The Morgan fingerprint density at radius 2 is 2.21 bits per heavy atom. The summed E-state index contributed by atoms with van der Waals surface area (Å²) in [4.78, 5) is 13.4. The lowest BCUT2D eigenvalue weighted by atomic mass is 10.1. The van der Waals surface area contributed by atoms with Crippen molar-refractivity contribution in [3.8, 4) is 0 Å². The Morgan fingerprint density at radius 3 is 2.86 bits per heavy atom. The topological polar surface area (TPSA) is 26.3 Å². The largest absolute Gasteiger partial charge is 0.372 e. The molecule has 0 spiro atoms. The van der Waals surface area contributed by atoms with E-state index in [1.807, 2.05) is 24.3 Å². The van der Waals surface area contributed by atoms with Gasteiger partial charge >= 0.3 is 5.97 Å². The first kappa shape index (κ1) is 10.9. The van der Waals surface area contributed by atoms with E-state index in [9.17, 15) is 9.32 Å². The summed E-state index contributed by atoms with van der Waals surface area (Å²) in [6.07, 6.45) is 3.15. The Balaban J connectivity index is 2.58. The van der Waals surface area contributed by atoms with Crippen molar-refractivity contribution in [3.63, 3.8) is 0 Å². The number of benzene rings is 1. The first-order valence-electron chi connectivity index (χ1n) is 3.96. The fourth-order valence-corrected chi connectivity index (χ4v) is 1.42. The van der Waals surface area contributed by atoms with Crippen LogP contribution >= 0.6 is 15.9 Å². The molecule has 0 N–H and O–H groups in total. The second kappa shape index (κ2) is 5.54. The average molecular weight is 259 g/mol. The number of carbonyl (C=O) groups excluding carboxylic acids is 1. The first-order valence-corrected chi connectivity index (χ1v) is 4.76. The van der Waals surface area contributed by atoms with Crippen LogP contribution in [0.25, 0.3) is 0 Å². The van der Waals surface area contributed by atoms with Gasteiger partial charge in [-0.3, -0.25) is 4.94 Å². The van der Waals surface area contributed by atoms with Gasteiger partial charge in [0.15, 0.2) is 0 Å². The number of allylic oxidation sites excluding steroid dienone is 1. The van der Waals surface area contributed by atoms with Crippen LogP contribution in [0.4, 0.5) is 4.53 Å². The van der Waals surface area contributed by atoms with Crippen LogP contribution in [0.2, 0.25) is 0 Å². The SMILES string of the molecule is O=C(/C=C/Cc1ccccc1Br)OF. The van der Waals surface area contributed by atoms with Crippen LogP contribution in [0.5, 0.6) is 0 Å². The zero-order valence-electron chi connectivity index (χ0n) is 7.24. The number of hydrogen-bond acceptors (Lipinski definition) is 2. The Bertz CT molecular complexity index is 350. The predicted octanol–water partition coefficient (Wildman–Crippen LogP) is 2.98. The van der Waals surface area contributed by atoms with Crippen molar-refractivity contribution in [1.82, 2.24) is 0 Å². The smallest absolute Gasteiger partial charge is 0.250 e. The predicted molar refractivity (Wildman–Crippen MR) is 54.2 cm³/mol. The minimum absolute atomic E-state index is 0.552. The van der Waals surface area contributed by atoms with Gasteiger partial charge in [-0.25, -0.2) is 4.79 Å². The molecule has 0 atom stereocenters. The lowest BCUT2D eigenvalue weighted by molar-refractivity contribution is -0.176. The van der Waals surface area contributed by atoms with Crippen LogP contribution in [0.3, 0.4) is 0 Å². The molecule has 0 radical (unpaired) electrons. The van der Waals surface area contributed by atoms with Gasteiger partial charge in [0.1, 0.15) is 0 Å². The monoisotopic (exact) mass is 258 g/mol. The van der Waals surface area contributed by atoms with Crippen molar-refractivity contribution in [2.75, 3.05) is 0 Å². The van der Waals surface area contributed by atoms with E-state index in [0.29, 0.717) is 6.42 Å².